The smallest absolute Gasteiger partial charge is 0.242 e. The van der Waals surface area contributed by atoms with Gasteiger partial charge < -0.3 is 15.2 Å². The van der Waals surface area contributed by atoms with Gasteiger partial charge in [-0.25, -0.2) is 0 Å². The lowest BCUT2D eigenvalue weighted by Gasteiger charge is -2.22. The van der Waals surface area contributed by atoms with E-state index in [0.717, 1.165) is 28.7 Å². The van der Waals surface area contributed by atoms with Crippen LogP contribution in [0.1, 0.15) is 32.2 Å². The van der Waals surface area contributed by atoms with Crippen LogP contribution in [0.3, 0.4) is 0 Å². The minimum Gasteiger partial charge on any atom is -0.354 e. The van der Waals surface area contributed by atoms with Gasteiger partial charge in [0.25, 0.3) is 0 Å². The van der Waals surface area contributed by atoms with Gasteiger partial charge in [-0.1, -0.05) is 56.3 Å². The Morgan fingerprint density at radius 2 is 1.90 bits per heavy atom. The van der Waals surface area contributed by atoms with Crippen LogP contribution in [0.4, 0.5) is 0 Å². The molecule has 0 aliphatic rings. The van der Waals surface area contributed by atoms with E-state index in [1.165, 1.54) is 0 Å². The van der Waals surface area contributed by atoms with Crippen molar-refractivity contribution in [3.63, 3.8) is 0 Å². The predicted molar refractivity (Wildman–Crippen MR) is 124 cm³/mol. The number of rotatable bonds is 9. The van der Waals surface area contributed by atoms with Crippen molar-refractivity contribution in [2.45, 2.75) is 46.2 Å². The molecule has 0 saturated heterocycles. The van der Waals surface area contributed by atoms with Crippen LogP contribution in [-0.4, -0.2) is 39.2 Å². The van der Waals surface area contributed by atoms with Gasteiger partial charge in [0.15, 0.2) is 4.77 Å². The second-order valence-electron chi connectivity index (χ2n) is 7.88. The largest absolute Gasteiger partial charge is 0.354 e. The quantitative estimate of drug-likeness (QED) is 0.447. The molecule has 31 heavy (non-hydrogen) atoms. The van der Waals surface area contributed by atoms with E-state index in [9.17, 15) is 9.59 Å². The van der Waals surface area contributed by atoms with E-state index in [-0.39, 0.29) is 24.2 Å². The van der Waals surface area contributed by atoms with E-state index >= 15 is 0 Å². The van der Waals surface area contributed by atoms with Crippen LogP contribution < -0.4 is 10.6 Å². The number of aromatic amines is 1. The summed E-state index contributed by atoms with van der Waals surface area (Å²) in [5, 5.41) is 15.0. The molecule has 3 rings (SSSR count). The minimum atomic E-state index is -0.597. The summed E-state index contributed by atoms with van der Waals surface area (Å²) < 4.78 is 2.47. The van der Waals surface area contributed by atoms with Crippen molar-refractivity contribution in [3.05, 3.63) is 58.6 Å². The number of carbonyl (C=O) groups is 2. The number of fused-ring (bicyclic) bond motifs is 1. The van der Waals surface area contributed by atoms with Gasteiger partial charge in [-0.3, -0.25) is 14.7 Å². The molecular formula is C23H29N5O2S. The SMILES string of the molecule is CCn1c(CCNC(=O)C(NC(=O)Cc2ccc3ccccc3c2)C(C)C)n[nH]c1=S. The summed E-state index contributed by atoms with van der Waals surface area (Å²) in [6, 6.07) is 13.4. The molecule has 1 aromatic heterocycles. The highest BCUT2D eigenvalue weighted by atomic mass is 32.1. The molecule has 164 valence electrons. The Kier molecular flexibility index (Phi) is 7.57. The average molecular weight is 440 g/mol. The summed E-state index contributed by atoms with van der Waals surface area (Å²) in [5.74, 6) is 0.398. The lowest BCUT2D eigenvalue weighted by molar-refractivity contribution is -0.129. The van der Waals surface area contributed by atoms with E-state index in [4.69, 9.17) is 12.2 Å². The fraction of sp³-hybridized carbons (Fsp3) is 0.391. The molecule has 1 heterocycles. The third kappa shape index (κ3) is 5.79. The Morgan fingerprint density at radius 3 is 2.61 bits per heavy atom. The van der Waals surface area contributed by atoms with Crippen LogP contribution >= 0.6 is 12.2 Å². The molecule has 1 atom stereocenters. The number of aromatic nitrogens is 3. The number of benzene rings is 2. The molecule has 3 aromatic rings. The first-order valence-electron chi connectivity index (χ1n) is 10.6. The maximum Gasteiger partial charge on any atom is 0.242 e. The van der Waals surface area contributed by atoms with Crippen molar-refractivity contribution in [1.82, 2.24) is 25.4 Å². The minimum absolute atomic E-state index is 0.0363. The molecule has 0 bridgehead atoms. The Morgan fingerprint density at radius 1 is 1.16 bits per heavy atom. The molecule has 0 saturated carbocycles. The van der Waals surface area contributed by atoms with Crippen molar-refractivity contribution >= 4 is 34.8 Å². The second-order valence-corrected chi connectivity index (χ2v) is 8.26. The van der Waals surface area contributed by atoms with E-state index < -0.39 is 6.04 Å². The van der Waals surface area contributed by atoms with Gasteiger partial charge in [0.05, 0.1) is 6.42 Å². The predicted octanol–water partition coefficient (Wildman–Crippen LogP) is 3.16. The number of nitrogens with one attached hydrogen (secondary N) is 3. The molecule has 0 spiro atoms. The molecule has 2 amide bonds. The summed E-state index contributed by atoms with van der Waals surface area (Å²) in [4.78, 5) is 25.3. The molecular weight excluding hydrogens is 410 g/mol. The third-order valence-electron chi connectivity index (χ3n) is 5.25. The number of carbonyl (C=O) groups excluding carboxylic acids is 2. The van der Waals surface area contributed by atoms with Crippen LogP contribution in [0.2, 0.25) is 0 Å². The number of H-pyrrole nitrogens is 1. The fourth-order valence-corrected chi connectivity index (χ4v) is 3.85. The zero-order chi connectivity index (χ0) is 22.4. The first kappa shape index (κ1) is 22.7. The van der Waals surface area contributed by atoms with Gasteiger partial charge in [0.2, 0.25) is 11.8 Å². The highest BCUT2D eigenvalue weighted by molar-refractivity contribution is 7.71. The molecule has 8 heteroatoms. The van der Waals surface area contributed by atoms with Crippen molar-refractivity contribution in [1.29, 1.82) is 0 Å². The molecule has 3 N–H and O–H groups in total. The average Bonchev–Trinajstić information content (AvgIpc) is 3.11. The van der Waals surface area contributed by atoms with Crippen LogP contribution in [0, 0.1) is 10.7 Å². The summed E-state index contributed by atoms with van der Waals surface area (Å²) in [7, 11) is 0. The lowest BCUT2D eigenvalue weighted by atomic mass is 10.0. The number of hydrogen-bond acceptors (Lipinski definition) is 4. The summed E-state index contributed by atoms with van der Waals surface area (Å²) >= 11 is 5.19. The van der Waals surface area contributed by atoms with Crippen LogP contribution in [0.15, 0.2) is 42.5 Å². The van der Waals surface area contributed by atoms with E-state index in [0.29, 0.717) is 17.7 Å². The topological polar surface area (TPSA) is 91.8 Å². The Balaban J connectivity index is 1.56. The van der Waals surface area contributed by atoms with Crippen LogP contribution in [-0.2, 0) is 29.0 Å². The van der Waals surface area contributed by atoms with Gasteiger partial charge in [-0.2, -0.15) is 5.10 Å². The van der Waals surface area contributed by atoms with Crippen molar-refractivity contribution in [3.8, 4) is 0 Å². The van der Waals surface area contributed by atoms with E-state index in [2.05, 4.69) is 20.8 Å². The molecule has 0 aliphatic carbocycles. The monoisotopic (exact) mass is 439 g/mol. The molecule has 0 aliphatic heterocycles. The number of nitrogens with zero attached hydrogens (tertiary/aromatic N) is 2. The molecule has 7 nitrogen and oxygen atoms in total. The van der Waals surface area contributed by atoms with Crippen LogP contribution in [0.5, 0.6) is 0 Å². The first-order chi connectivity index (χ1) is 14.9. The number of hydrogen-bond donors (Lipinski definition) is 3. The van der Waals surface area contributed by atoms with Crippen LogP contribution in [0.25, 0.3) is 10.8 Å². The highest BCUT2D eigenvalue weighted by Gasteiger charge is 2.24. The molecule has 2 aromatic carbocycles. The number of amides is 2. The lowest BCUT2D eigenvalue weighted by Crippen LogP contribution is -2.50. The third-order valence-corrected chi connectivity index (χ3v) is 5.56. The first-order valence-corrected chi connectivity index (χ1v) is 11.0. The molecule has 1 unspecified atom stereocenters. The molecule has 0 radical (unpaired) electrons. The molecule has 0 fully saturated rings. The van der Waals surface area contributed by atoms with Gasteiger partial charge in [-0.05, 0) is 41.4 Å². The summed E-state index contributed by atoms with van der Waals surface area (Å²) in [6.07, 6.45) is 0.787. The maximum atomic E-state index is 12.7. The normalized spacial score (nSPS) is 12.1. The van der Waals surface area contributed by atoms with Crippen molar-refractivity contribution in [2.24, 2.45) is 5.92 Å². The van der Waals surface area contributed by atoms with Gasteiger partial charge >= 0.3 is 0 Å². The zero-order valence-electron chi connectivity index (χ0n) is 18.1. The fourth-order valence-electron chi connectivity index (χ4n) is 3.57. The van der Waals surface area contributed by atoms with E-state index in [1.807, 2.05) is 67.8 Å². The summed E-state index contributed by atoms with van der Waals surface area (Å²) in [6.45, 7) is 6.97. The maximum absolute atomic E-state index is 12.7. The Bertz CT molecular complexity index is 1120. The standard InChI is InChI=1S/C23H29N5O2S/c1-4-28-19(26-27-23(28)31)11-12-24-22(30)21(15(2)3)25-20(29)14-16-9-10-17-7-5-6-8-18(17)13-16/h5-10,13,15,21H,4,11-12,14H2,1-3H3,(H,24,30)(H,25,29)(H,27,31). The van der Waals surface area contributed by atoms with E-state index in [1.54, 1.807) is 0 Å². The Labute approximate surface area is 187 Å². The van der Waals surface area contributed by atoms with Gasteiger partial charge in [0, 0.05) is 19.5 Å². The van der Waals surface area contributed by atoms with Gasteiger partial charge in [-0.15, -0.1) is 0 Å². The zero-order valence-corrected chi connectivity index (χ0v) is 19.0. The van der Waals surface area contributed by atoms with Gasteiger partial charge in [0.1, 0.15) is 11.9 Å². The summed E-state index contributed by atoms with van der Waals surface area (Å²) in [5.41, 5.74) is 0.918. The highest BCUT2D eigenvalue weighted by Crippen LogP contribution is 2.16. The van der Waals surface area contributed by atoms with Crippen molar-refractivity contribution < 1.29 is 9.59 Å². The second kappa shape index (κ2) is 10.3. The Hall–Kier alpha value is -3.00. The van der Waals surface area contributed by atoms with Crippen molar-refractivity contribution in [2.75, 3.05) is 6.54 Å².